The number of hydrogen-bond donors (Lipinski definition) is 1. The number of carbonyl (C=O) groups excluding carboxylic acids is 2. The summed E-state index contributed by atoms with van der Waals surface area (Å²) in [5.74, 6) is -0.313. The van der Waals surface area contributed by atoms with Crippen molar-refractivity contribution in [3.8, 4) is 11.4 Å². The Kier molecular flexibility index (Phi) is 6.81. The van der Waals surface area contributed by atoms with Crippen molar-refractivity contribution < 1.29 is 27.5 Å². The van der Waals surface area contributed by atoms with Gasteiger partial charge in [-0.3, -0.25) is 9.59 Å². The first kappa shape index (κ1) is 24.3. The van der Waals surface area contributed by atoms with Crippen LogP contribution in [0.3, 0.4) is 0 Å². The van der Waals surface area contributed by atoms with E-state index in [2.05, 4.69) is 10.3 Å². The third-order valence-electron chi connectivity index (χ3n) is 5.91. The van der Waals surface area contributed by atoms with Gasteiger partial charge in [-0.25, -0.2) is 4.98 Å². The molecular weight excluding hydrogens is 461 g/mol. The van der Waals surface area contributed by atoms with E-state index in [-0.39, 0.29) is 24.1 Å². The van der Waals surface area contributed by atoms with Crippen molar-refractivity contribution >= 4 is 11.8 Å². The van der Waals surface area contributed by atoms with Crippen LogP contribution in [0.2, 0.25) is 0 Å². The third-order valence-corrected chi connectivity index (χ3v) is 5.91. The molecule has 1 aliphatic rings. The summed E-state index contributed by atoms with van der Waals surface area (Å²) in [4.78, 5) is 31.5. The number of amides is 2. The fourth-order valence-corrected chi connectivity index (χ4v) is 4.14. The van der Waals surface area contributed by atoms with Gasteiger partial charge in [0.05, 0.1) is 30.4 Å². The fraction of sp³-hybridized carbons (Fsp3) is 0.320. The monoisotopic (exact) mass is 486 g/mol. The minimum atomic E-state index is -4.53. The van der Waals surface area contributed by atoms with E-state index in [1.165, 1.54) is 24.1 Å². The number of halogens is 3. The summed E-state index contributed by atoms with van der Waals surface area (Å²) in [7, 11) is 1.52. The molecule has 1 aromatic heterocycles. The Balaban J connectivity index is 1.44. The quantitative estimate of drug-likeness (QED) is 0.585. The number of nitrogens with zero attached hydrogens (tertiary/aromatic N) is 3. The number of aromatic nitrogens is 2. The van der Waals surface area contributed by atoms with Crippen molar-refractivity contribution in [2.75, 3.05) is 20.2 Å². The van der Waals surface area contributed by atoms with Crippen molar-refractivity contribution in [1.29, 1.82) is 0 Å². The van der Waals surface area contributed by atoms with Crippen molar-refractivity contribution in [3.63, 3.8) is 0 Å². The van der Waals surface area contributed by atoms with Gasteiger partial charge < -0.3 is 19.5 Å². The molecule has 1 aliphatic heterocycles. The summed E-state index contributed by atoms with van der Waals surface area (Å²) >= 11 is 0. The number of methoxy groups -OCH3 is 1. The number of likely N-dealkylation sites (tertiary alicyclic amines) is 1. The molecule has 0 saturated carbocycles. The molecule has 10 heteroatoms. The Bertz CT molecular complexity index is 1240. The van der Waals surface area contributed by atoms with E-state index >= 15 is 0 Å². The third kappa shape index (κ3) is 5.47. The molecule has 0 aliphatic carbocycles. The standard InChI is InChI=1S/C25H25F3N4O3/c1-16-13-32(15-29-16)21-9-8-17(12-22(21)35-2)23(33)30-20-7-4-10-31(14-20)24(34)18-5-3-6-19(11-18)25(26,27)28/h3,5-6,8-9,11-13,15,20H,4,7,10,14H2,1-2H3,(H,30,33). The van der Waals surface area contributed by atoms with Gasteiger partial charge in [-0.1, -0.05) is 6.07 Å². The van der Waals surface area contributed by atoms with Crippen LogP contribution in [0, 0.1) is 6.92 Å². The van der Waals surface area contributed by atoms with E-state index < -0.39 is 17.6 Å². The Labute approximate surface area is 200 Å². The number of imidazole rings is 1. The van der Waals surface area contributed by atoms with Crippen LogP contribution in [0.25, 0.3) is 5.69 Å². The summed E-state index contributed by atoms with van der Waals surface area (Å²) in [6, 6.07) is 9.14. The zero-order valence-corrected chi connectivity index (χ0v) is 19.3. The maximum atomic E-state index is 13.0. The van der Waals surface area contributed by atoms with Crippen LogP contribution in [0.15, 0.2) is 55.0 Å². The van der Waals surface area contributed by atoms with Crippen LogP contribution in [0.1, 0.15) is 44.8 Å². The number of hydrogen-bond acceptors (Lipinski definition) is 4. The number of alkyl halides is 3. The van der Waals surface area contributed by atoms with Crippen molar-refractivity contribution in [1.82, 2.24) is 19.8 Å². The average Bonchev–Trinajstić information content (AvgIpc) is 3.28. The molecule has 2 aromatic carbocycles. The number of ether oxygens (including phenoxy) is 1. The van der Waals surface area contributed by atoms with Gasteiger partial charge in [0.15, 0.2) is 0 Å². The highest BCUT2D eigenvalue weighted by Gasteiger charge is 2.32. The fourth-order valence-electron chi connectivity index (χ4n) is 4.14. The van der Waals surface area contributed by atoms with Gasteiger partial charge in [0.2, 0.25) is 0 Å². The Hall–Kier alpha value is -3.82. The Morgan fingerprint density at radius 3 is 2.63 bits per heavy atom. The van der Waals surface area contributed by atoms with Crippen LogP contribution in [-0.4, -0.2) is 52.5 Å². The minimum absolute atomic E-state index is 0.0261. The lowest BCUT2D eigenvalue weighted by Gasteiger charge is -2.33. The van der Waals surface area contributed by atoms with Gasteiger partial charge in [0.1, 0.15) is 5.75 Å². The molecule has 35 heavy (non-hydrogen) atoms. The minimum Gasteiger partial charge on any atom is -0.495 e. The van der Waals surface area contributed by atoms with Gasteiger partial charge in [0.25, 0.3) is 11.8 Å². The molecule has 2 heterocycles. The zero-order chi connectivity index (χ0) is 25.2. The lowest BCUT2D eigenvalue weighted by atomic mass is 10.0. The zero-order valence-electron chi connectivity index (χ0n) is 19.3. The van der Waals surface area contributed by atoms with E-state index in [4.69, 9.17) is 4.74 Å². The van der Waals surface area contributed by atoms with Gasteiger partial charge in [0, 0.05) is 36.5 Å². The number of carbonyl (C=O) groups is 2. The number of piperidine rings is 1. The summed E-state index contributed by atoms with van der Waals surface area (Å²) < 4.78 is 46.4. The van der Waals surface area contributed by atoms with E-state index in [1.807, 2.05) is 13.1 Å². The van der Waals surface area contributed by atoms with Gasteiger partial charge >= 0.3 is 6.18 Å². The first-order chi connectivity index (χ1) is 16.7. The molecular formula is C25H25F3N4O3. The molecule has 1 saturated heterocycles. The topological polar surface area (TPSA) is 76.5 Å². The van der Waals surface area contributed by atoms with Crippen LogP contribution in [0.4, 0.5) is 13.2 Å². The highest BCUT2D eigenvalue weighted by atomic mass is 19.4. The first-order valence-electron chi connectivity index (χ1n) is 11.1. The largest absolute Gasteiger partial charge is 0.495 e. The van der Waals surface area contributed by atoms with Crippen molar-refractivity contribution in [2.24, 2.45) is 0 Å². The highest BCUT2D eigenvalue weighted by molar-refractivity contribution is 5.96. The number of nitrogens with one attached hydrogen (secondary N) is 1. The van der Waals surface area contributed by atoms with Crippen LogP contribution in [0.5, 0.6) is 5.75 Å². The number of benzene rings is 2. The molecule has 0 bridgehead atoms. The van der Waals surface area contributed by atoms with Crippen molar-refractivity contribution in [3.05, 3.63) is 77.4 Å². The number of rotatable bonds is 5. The van der Waals surface area contributed by atoms with E-state index in [0.717, 1.165) is 23.5 Å². The maximum absolute atomic E-state index is 13.0. The maximum Gasteiger partial charge on any atom is 0.416 e. The van der Waals surface area contributed by atoms with Gasteiger partial charge in [-0.05, 0) is 56.2 Å². The second-order valence-corrected chi connectivity index (χ2v) is 8.45. The van der Waals surface area contributed by atoms with Crippen LogP contribution < -0.4 is 10.1 Å². The molecule has 1 N–H and O–H groups in total. The second kappa shape index (κ2) is 9.81. The van der Waals surface area contributed by atoms with Gasteiger partial charge in [-0.15, -0.1) is 0 Å². The molecule has 3 aromatic rings. The van der Waals surface area contributed by atoms with E-state index in [1.54, 1.807) is 29.1 Å². The highest BCUT2D eigenvalue weighted by Crippen LogP contribution is 2.30. The van der Waals surface area contributed by atoms with E-state index in [9.17, 15) is 22.8 Å². The smallest absolute Gasteiger partial charge is 0.416 e. The van der Waals surface area contributed by atoms with Crippen molar-refractivity contribution in [2.45, 2.75) is 32.0 Å². The second-order valence-electron chi connectivity index (χ2n) is 8.45. The molecule has 0 spiro atoms. The summed E-state index contributed by atoms with van der Waals surface area (Å²) in [6.45, 7) is 2.49. The summed E-state index contributed by atoms with van der Waals surface area (Å²) in [6.07, 6.45) is 0.252. The molecule has 1 atom stereocenters. The molecule has 2 amide bonds. The predicted octanol–water partition coefficient (Wildman–Crippen LogP) is 4.24. The lowest BCUT2D eigenvalue weighted by Crippen LogP contribution is -2.49. The van der Waals surface area contributed by atoms with E-state index in [0.29, 0.717) is 30.7 Å². The lowest BCUT2D eigenvalue weighted by molar-refractivity contribution is -0.137. The van der Waals surface area contributed by atoms with Crippen LogP contribution in [-0.2, 0) is 6.18 Å². The molecule has 1 unspecified atom stereocenters. The normalized spacial score (nSPS) is 16.1. The number of aryl methyl sites for hydroxylation is 1. The molecule has 0 radical (unpaired) electrons. The molecule has 4 rings (SSSR count). The van der Waals surface area contributed by atoms with Gasteiger partial charge in [-0.2, -0.15) is 13.2 Å². The van der Waals surface area contributed by atoms with Crippen LogP contribution >= 0.6 is 0 Å². The SMILES string of the molecule is COc1cc(C(=O)NC2CCCN(C(=O)c3cccc(C(F)(F)F)c3)C2)ccc1-n1cnc(C)c1. The molecule has 1 fully saturated rings. The molecule has 184 valence electrons. The average molecular weight is 486 g/mol. The summed E-state index contributed by atoms with van der Waals surface area (Å²) in [5, 5.41) is 2.93. The first-order valence-corrected chi connectivity index (χ1v) is 11.1. The molecule has 7 nitrogen and oxygen atoms in total. The Morgan fingerprint density at radius 1 is 1.14 bits per heavy atom. The Morgan fingerprint density at radius 2 is 1.94 bits per heavy atom. The summed E-state index contributed by atoms with van der Waals surface area (Å²) in [5.41, 5.74) is 1.08. The predicted molar refractivity (Wildman–Crippen MR) is 123 cm³/mol.